The second kappa shape index (κ2) is 28.7. The van der Waals surface area contributed by atoms with Crippen LogP contribution in [0, 0.1) is 12.8 Å². The minimum Gasteiger partial charge on any atom is -0.447 e. The highest BCUT2D eigenvalue weighted by molar-refractivity contribution is 6.10. The number of imidazole rings is 1. The Hall–Kier alpha value is -8.06. The first-order chi connectivity index (χ1) is 37.1. The van der Waals surface area contributed by atoms with Crippen LogP contribution in [-0.4, -0.2) is 179 Å². The van der Waals surface area contributed by atoms with E-state index in [9.17, 15) is 38.7 Å². The molecule has 5 aromatic rings. The number of aliphatic hydroxyl groups is 1. The summed E-state index contributed by atoms with van der Waals surface area (Å²) in [7, 11) is 5.00. The number of likely N-dealkylation sites (N-methyl/N-ethyl adjacent to an activating group) is 2. The Morgan fingerprint density at radius 1 is 0.805 bits per heavy atom. The van der Waals surface area contributed by atoms with E-state index in [-0.39, 0.29) is 108 Å². The number of fused-ring (bicyclic) bond motifs is 4. The summed E-state index contributed by atoms with van der Waals surface area (Å²) in [4.78, 5) is 99.9. The van der Waals surface area contributed by atoms with Crippen LogP contribution in [0.5, 0.6) is 5.75 Å². The lowest BCUT2D eigenvalue weighted by Crippen LogP contribution is -2.51. The predicted molar refractivity (Wildman–Crippen MR) is 286 cm³/mol. The summed E-state index contributed by atoms with van der Waals surface area (Å²) in [5.41, 5.74) is 5.29. The van der Waals surface area contributed by atoms with Crippen molar-refractivity contribution in [2.75, 3.05) is 122 Å². The molecule has 0 aliphatic carbocycles. The molecule has 0 saturated carbocycles. The number of carbonyl (C=O) groups is 7. The molecule has 1 aliphatic rings. The van der Waals surface area contributed by atoms with Crippen molar-refractivity contribution in [1.29, 1.82) is 0 Å². The summed E-state index contributed by atoms with van der Waals surface area (Å²) in [5.74, 6) is -1.67. The summed E-state index contributed by atoms with van der Waals surface area (Å²) in [6, 6.07) is 16.7. The van der Waals surface area contributed by atoms with Crippen LogP contribution in [-0.2, 0) is 46.4 Å². The number of hydrogen-bond donors (Lipinski definition) is 7. The van der Waals surface area contributed by atoms with Gasteiger partial charge in [-0.05, 0) is 72.7 Å². The molecule has 0 saturated heterocycles. The van der Waals surface area contributed by atoms with Gasteiger partial charge in [-0.2, -0.15) is 0 Å². The molecule has 414 valence electrons. The minimum absolute atomic E-state index is 0.0249. The maximum Gasteiger partial charge on any atom is 0.415 e. The highest BCUT2D eigenvalue weighted by Gasteiger charge is 2.32. The number of amides is 7. The van der Waals surface area contributed by atoms with E-state index in [1.54, 1.807) is 66.7 Å². The fourth-order valence-electron chi connectivity index (χ4n) is 8.27. The number of rotatable bonds is 27. The zero-order valence-electron chi connectivity index (χ0n) is 44.3. The van der Waals surface area contributed by atoms with Crippen LogP contribution in [0.4, 0.5) is 31.4 Å². The van der Waals surface area contributed by atoms with Crippen molar-refractivity contribution < 1.29 is 62.4 Å². The van der Waals surface area contributed by atoms with Crippen LogP contribution >= 0.6 is 0 Å². The molecule has 7 N–H and O–H groups in total. The van der Waals surface area contributed by atoms with Crippen LogP contribution in [0.25, 0.3) is 16.4 Å². The van der Waals surface area contributed by atoms with Crippen LogP contribution in [0.15, 0.2) is 73.1 Å². The lowest BCUT2D eigenvalue weighted by atomic mass is 9.97. The summed E-state index contributed by atoms with van der Waals surface area (Å²) >= 11 is 0. The molecule has 0 bridgehead atoms. The van der Waals surface area contributed by atoms with Gasteiger partial charge in [0, 0.05) is 76.4 Å². The molecule has 1 aliphatic heterocycles. The molecule has 2 aromatic heterocycles. The Kier molecular flexibility index (Phi) is 21.7. The van der Waals surface area contributed by atoms with Gasteiger partial charge >= 0.3 is 18.3 Å². The molecule has 1 atom stereocenters. The van der Waals surface area contributed by atoms with Gasteiger partial charge in [0.25, 0.3) is 5.91 Å². The fourth-order valence-corrected chi connectivity index (χ4v) is 8.27. The number of ether oxygens (including phenoxy) is 5. The zero-order chi connectivity index (χ0) is 55.4. The quantitative estimate of drug-likeness (QED) is 0.0372. The van der Waals surface area contributed by atoms with Crippen LogP contribution < -0.4 is 41.5 Å². The van der Waals surface area contributed by atoms with Gasteiger partial charge < -0.3 is 79.8 Å². The van der Waals surface area contributed by atoms with Crippen LogP contribution in [0.3, 0.4) is 0 Å². The topological polar surface area (TPSA) is 285 Å². The Labute approximate surface area is 446 Å². The smallest absolute Gasteiger partial charge is 0.415 e. The van der Waals surface area contributed by atoms with Gasteiger partial charge in [-0.1, -0.05) is 44.2 Å². The van der Waals surface area contributed by atoms with Gasteiger partial charge in [-0.15, -0.1) is 0 Å². The van der Waals surface area contributed by atoms with E-state index in [4.69, 9.17) is 23.7 Å². The van der Waals surface area contributed by atoms with Gasteiger partial charge in [0.2, 0.25) is 17.7 Å². The number of alkyl carbamates (subject to hydrolysis) is 1. The number of aliphatic hydroxyl groups excluding tert-OH is 1. The Morgan fingerprint density at radius 3 is 2.31 bits per heavy atom. The van der Waals surface area contributed by atoms with Gasteiger partial charge in [0.1, 0.15) is 36.3 Å². The zero-order valence-corrected chi connectivity index (χ0v) is 44.3. The molecular formula is C53H69N11O13. The fraction of sp³-hybridized carbons (Fsp3) is 0.434. The minimum atomic E-state index is -0.991. The number of nitrogens with one attached hydrogen (secondary N) is 6. The summed E-state index contributed by atoms with van der Waals surface area (Å²) in [5, 5.41) is 27.1. The lowest BCUT2D eigenvalue weighted by Gasteiger charge is -2.26. The van der Waals surface area contributed by atoms with E-state index in [2.05, 4.69) is 36.9 Å². The third kappa shape index (κ3) is 16.5. The number of carbonyl (C=O) groups excluding carboxylic acids is 7. The third-order valence-corrected chi connectivity index (χ3v) is 12.3. The standard InChI is InChI=1S/C53H69N11O13/c1-34(2)48(60-51(70)75-27-26-73-23-17-56-45(66)29-54-4)49(68)57-30-46(67)58-37-12-10-36(11-13-37)33-76-52(71)61(6)19-20-62(21-24-74-25-22-65)53(72)77-43-28-42-39(47-35(3)8-7-9-40(43)47)16-18-64(42)50(69)41-32-63-31-38(55-5)14-15-44(63)59-41/h7-15,28,31-32,34,48,54-55,65H,16-27,29-30,33H2,1-6H3,(H,56,66)(H,57,68)(H,58,67)(H,60,70). The predicted octanol–water partition coefficient (Wildman–Crippen LogP) is 3.28. The second-order valence-electron chi connectivity index (χ2n) is 18.3. The monoisotopic (exact) mass is 1070 g/mol. The molecule has 24 nitrogen and oxygen atoms in total. The molecule has 77 heavy (non-hydrogen) atoms. The van der Waals surface area contributed by atoms with Crippen LogP contribution in [0.1, 0.15) is 41.0 Å². The van der Waals surface area contributed by atoms with E-state index >= 15 is 0 Å². The first-order valence-corrected chi connectivity index (χ1v) is 25.3. The first kappa shape index (κ1) is 58.2. The second-order valence-corrected chi connectivity index (χ2v) is 18.3. The van der Waals surface area contributed by atoms with Crippen molar-refractivity contribution in [3.8, 4) is 5.75 Å². The molecule has 0 spiro atoms. The van der Waals surface area contributed by atoms with E-state index in [1.807, 2.05) is 50.5 Å². The molecule has 3 aromatic carbocycles. The largest absolute Gasteiger partial charge is 0.447 e. The van der Waals surface area contributed by atoms with Crippen molar-refractivity contribution in [3.05, 3.63) is 95.4 Å². The highest BCUT2D eigenvalue weighted by Crippen LogP contribution is 2.42. The van der Waals surface area contributed by atoms with E-state index in [1.165, 1.54) is 16.8 Å². The van der Waals surface area contributed by atoms with Crippen molar-refractivity contribution in [3.63, 3.8) is 0 Å². The van der Waals surface area contributed by atoms with E-state index in [0.717, 1.165) is 22.2 Å². The Balaban J connectivity index is 0.980. The molecule has 0 radical (unpaired) electrons. The number of aryl methyl sites for hydroxylation is 1. The normalized spacial score (nSPS) is 12.2. The maximum absolute atomic E-state index is 14.1. The first-order valence-electron chi connectivity index (χ1n) is 25.3. The van der Waals surface area contributed by atoms with Crippen molar-refractivity contribution >= 4 is 75.4 Å². The van der Waals surface area contributed by atoms with E-state index < -0.39 is 36.1 Å². The Bertz CT molecular complexity index is 2860. The van der Waals surface area contributed by atoms with Gasteiger partial charge in [0.05, 0.1) is 57.5 Å². The number of nitrogens with zero attached hydrogens (tertiary/aromatic N) is 5. The number of aromatic nitrogens is 2. The van der Waals surface area contributed by atoms with Gasteiger partial charge in [-0.25, -0.2) is 19.4 Å². The van der Waals surface area contributed by atoms with Gasteiger partial charge in [0.15, 0.2) is 0 Å². The molecule has 6 rings (SSSR count). The number of anilines is 3. The average Bonchev–Trinajstić information content (AvgIpc) is 4.21. The number of pyridine rings is 1. The number of benzene rings is 3. The molecule has 1 unspecified atom stereocenters. The van der Waals surface area contributed by atoms with Crippen molar-refractivity contribution in [2.24, 2.45) is 5.92 Å². The SMILES string of the molecule is CNCC(=O)NCCOCCOC(=O)NC(C(=O)NCC(=O)Nc1ccc(COC(=O)N(C)CCN(CCOCCO)C(=O)Oc2cc3c(c4c(C)cccc24)CCN3C(=O)c2cn3cc(NC)ccc3n2)cc1)C(C)C. The lowest BCUT2D eigenvalue weighted by molar-refractivity contribution is -0.126. The average molecular weight is 1070 g/mol. The third-order valence-electron chi connectivity index (χ3n) is 12.3. The summed E-state index contributed by atoms with van der Waals surface area (Å²) in [6.45, 7) is 6.10. The molecule has 3 heterocycles. The maximum atomic E-state index is 14.1. The Morgan fingerprint density at radius 2 is 1.57 bits per heavy atom. The highest BCUT2D eigenvalue weighted by atomic mass is 16.6. The van der Waals surface area contributed by atoms with Gasteiger partial charge in [-0.3, -0.25) is 19.2 Å². The molecular weight excluding hydrogens is 999 g/mol. The molecule has 7 amide bonds. The summed E-state index contributed by atoms with van der Waals surface area (Å²) in [6.07, 6.45) is 1.90. The van der Waals surface area contributed by atoms with E-state index in [0.29, 0.717) is 47.5 Å². The molecule has 0 fully saturated rings. The molecule has 24 heteroatoms. The van der Waals surface area contributed by atoms with Crippen molar-refractivity contribution in [1.82, 2.24) is 40.5 Å². The van der Waals surface area contributed by atoms with Crippen LogP contribution in [0.2, 0.25) is 0 Å². The summed E-state index contributed by atoms with van der Waals surface area (Å²) < 4.78 is 29.4. The van der Waals surface area contributed by atoms with Crippen molar-refractivity contribution in [2.45, 2.75) is 39.8 Å². The number of hydrogen-bond acceptors (Lipinski definition) is 16.